The molecule has 36 heavy (non-hydrogen) atoms. The van der Waals surface area contributed by atoms with E-state index in [0.717, 1.165) is 53.4 Å². The van der Waals surface area contributed by atoms with E-state index in [1.807, 2.05) is 38.1 Å². The van der Waals surface area contributed by atoms with Crippen LogP contribution in [-0.2, 0) is 26.2 Å². The van der Waals surface area contributed by atoms with Gasteiger partial charge in [0.2, 0.25) is 21.8 Å². The molecule has 0 radical (unpaired) electrons. The normalized spacial score (nSPS) is 14.9. The van der Waals surface area contributed by atoms with Gasteiger partial charge in [-0.15, -0.1) is 0 Å². The standard InChI is InChI=1S/C26H33ClFN3O4S/c1-4-24(26(33)29-20-7-5-6-8-20)30(16-19-11-9-18(2)10-12-19)25(32)17-31(36(3,34)35)21-13-14-23(28)22(27)15-21/h9-15,20,24H,4-8,16-17H2,1-3H3,(H,29,33)/t24-/m1/s1. The molecule has 1 aliphatic carbocycles. The van der Waals surface area contributed by atoms with Gasteiger partial charge in [-0.05, 0) is 49.9 Å². The fourth-order valence-electron chi connectivity index (χ4n) is 4.43. The van der Waals surface area contributed by atoms with Crippen LogP contribution in [0, 0.1) is 12.7 Å². The summed E-state index contributed by atoms with van der Waals surface area (Å²) in [6.45, 7) is 3.36. The number of rotatable bonds is 10. The van der Waals surface area contributed by atoms with Crippen LogP contribution in [0.25, 0.3) is 0 Å². The highest BCUT2D eigenvalue weighted by Crippen LogP contribution is 2.25. The molecule has 2 aromatic carbocycles. The van der Waals surface area contributed by atoms with Crippen molar-refractivity contribution in [3.05, 3.63) is 64.4 Å². The van der Waals surface area contributed by atoms with Crippen molar-refractivity contribution in [2.75, 3.05) is 17.1 Å². The van der Waals surface area contributed by atoms with E-state index in [4.69, 9.17) is 11.6 Å². The summed E-state index contributed by atoms with van der Waals surface area (Å²) in [5.41, 5.74) is 1.94. The van der Waals surface area contributed by atoms with Crippen LogP contribution < -0.4 is 9.62 Å². The number of nitrogens with zero attached hydrogens (tertiary/aromatic N) is 2. The van der Waals surface area contributed by atoms with Crippen LogP contribution in [0.1, 0.15) is 50.2 Å². The van der Waals surface area contributed by atoms with Crippen LogP contribution in [0.5, 0.6) is 0 Å². The molecule has 3 rings (SSSR count). The molecule has 0 unspecified atom stereocenters. The molecule has 1 atom stereocenters. The molecule has 2 aromatic rings. The third-order valence-electron chi connectivity index (χ3n) is 6.43. The Kier molecular flexibility index (Phi) is 9.35. The number of aryl methyl sites for hydroxylation is 1. The third-order valence-corrected chi connectivity index (χ3v) is 7.86. The Morgan fingerprint density at radius 1 is 1.14 bits per heavy atom. The predicted octanol–water partition coefficient (Wildman–Crippen LogP) is 4.42. The number of benzene rings is 2. The van der Waals surface area contributed by atoms with Crippen LogP contribution in [-0.4, -0.2) is 50.0 Å². The molecule has 10 heteroatoms. The maximum absolute atomic E-state index is 13.7. The lowest BCUT2D eigenvalue weighted by molar-refractivity contribution is -0.140. The Morgan fingerprint density at radius 3 is 2.33 bits per heavy atom. The smallest absolute Gasteiger partial charge is 0.244 e. The molecule has 1 fully saturated rings. The molecule has 0 saturated heterocycles. The van der Waals surface area contributed by atoms with Crippen LogP contribution in [0.3, 0.4) is 0 Å². The maximum atomic E-state index is 13.7. The highest BCUT2D eigenvalue weighted by atomic mass is 35.5. The predicted molar refractivity (Wildman–Crippen MR) is 140 cm³/mol. The van der Waals surface area contributed by atoms with E-state index < -0.39 is 34.3 Å². The van der Waals surface area contributed by atoms with Crippen molar-refractivity contribution in [1.82, 2.24) is 10.2 Å². The van der Waals surface area contributed by atoms with E-state index >= 15 is 0 Å². The fourth-order valence-corrected chi connectivity index (χ4v) is 5.45. The van der Waals surface area contributed by atoms with Gasteiger partial charge in [-0.2, -0.15) is 0 Å². The number of amides is 2. The summed E-state index contributed by atoms with van der Waals surface area (Å²) in [5.74, 6) is -1.49. The summed E-state index contributed by atoms with van der Waals surface area (Å²) in [6, 6.07) is 10.4. The minimum atomic E-state index is -3.92. The van der Waals surface area contributed by atoms with Crippen molar-refractivity contribution in [2.24, 2.45) is 0 Å². The van der Waals surface area contributed by atoms with E-state index in [-0.39, 0.29) is 29.2 Å². The Morgan fingerprint density at radius 2 is 1.78 bits per heavy atom. The molecule has 0 bridgehead atoms. The first-order valence-corrected chi connectivity index (χ1v) is 14.3. The quantitative estimate of drug-likeness (QED) is 0.486. The van der Waals surface area contributed by atoms with Gasteiger partial charge in [0.15, 0.2) is 0 Å². The Balaban J connectivity index is 1.92. The molecule has 0 aromatic heterocycles. The van der Waals surface area contributed by atoms with Gasteiger partial charge in [0.25, 0.3) is 0 Å². The lowest BCUT2D eigenvalue weighted by Gasteiger charge is -2.33. The van der Waals surface area contributed by atoms with Crippen molar-refractivity contribution in [1.29, 1.82) is 0 Å². The van der Waals surface area contributed by atoms with Gasteiger partial charge in [-0.1, -0.05) is 61.2 Å². The topological polar surface area (TPSA) is 86.8 Å². The second-order valence-electron chi connectivity index (χ2n) is 9.29. The molecular formula is C26H33ClFN3O4S. The summed E-state index contributed by atoms with van der Waals surface area (Å²) in [7, 11) is -3.92. The average molecular weight is 538 g/mol. The summed E-state index contributed by atoms with van der Waals surface area (Å²) in [6.07, 6.45) is 5.24. The first-order chi connectivity index (χ1) is 17.0. The van der Waals surface area contributed by atoms with E-state index in [1.165, 1.54) is 17.0 Å². The number of sulfonamides is 1. The molecule has 1 aliphatic rings. The van der Waals surface area contributed by atoms with Gasteiger partial charge in [0, 0.05) is 12.6 Å². The van der Waals surface area contributed by atoms with Gasteiger partial charge in [-0.25, -0.2) is 12.8 Å². The third kappa shape index (κ3) is 7.20. The first kappa shape index (κ1) is 27.9. The highest BCUT2D eigenvalue weighted by Gasteiger charge is 2.33. The van der Waals surface area contributed by atoms with E-state index in [2.05, 4.69) is 5.32 Å². The van der Waals surface area contributed by atoms with Crippen molar-refractivity contribution in [3.8, 4) is 0 Å². The van der Waals surface area contributed by atoms with Crippen LogP contribution in [0.4, 0.5) is 10.1 Å². The molecule has 1 N–H and O–H groups in total. The largest absolute Gasteiger partial charge is 0.352 e. The average Bonchev–Trinajstić information content (AvgIpc) is 3.32. The Hall–Kier alpha value is -2.65. The summed E-state index contributed by atoms with van der Waals surface area (Å²) >= 11 is 5.88. The Bertz CT molecular complexity index is 1180. The molecule has 0 heterocycles. The number of anilines is 1. The summed E-state index contributed by atoms with van der Waals surface area (Å²) < 4.78 is 39.8. The second-order valence-corrected chi connectivity index (χ2v) is 11.6. The van der Waals surface area contributed by atoms with Gasteiger partial charge in [0.1, 0.15) is 18.4 Å². The fraction of sp³-hybridized carbons (Fsp3) is 0.462. The minimum absolute atomic E-state index is 0.0657. The number of hydrogen-bond acceptors (Lipinski definition) is 4. The zero-order valence-electron chi connectivity index (χ0n) is 20.8. The van der Waals surface area contributed by atoms with Crippen LogP contribution >= 0.6 is 11.6 Å². The Labute approximate surface area is 217 Å². The highest BCUT2D eigenvalue weighted by molar-refractivity contribution is 7.92. The molecule has 7 nitrogen and oxygen atoms in total. The maximum Gasteiger partial charge on any atom is 0.244 e. The number of carbonyl (C=O) groups excluding carboxylic acids is 2. The van der Waals surface area contributed by atoms with E-state index in [9.17, 15) is 22.4 Å². The zero-order valence-corrected chi connectivity index (χ0v) is 22.4. The lowest BCUT2D eigenvalue weighted by Crippen LogP contribution is -2.53. The number of halogens is 2. The van der Waals surface area contributed by atoms with Gasteiger partial charge >= 0.3 is 0 Å². The summed E-state index contributed by atoms with van der Waals surface area (Å²) in [5, 5.41) is 2.81. The van der Waals surface area contributed by atoms with E-state index in [0.29, 0.717) is 6.42 Å². The molecule has 2 amide bonds. The number of nitrogens with one attached hydrogen (secondary N) is 1. The molecule has 1 saturated carbocycles. The lowest BCUT2D eigenvalue weighted by atomic mass is 10.1. The van der Waals surface area contributed by atoms with E-state index in [1.54, 1.807) is 0 Å². The minimum Gasteiger partial charge on any atom is -0.352 e. The van der Waals surface area contributed by atoms with Crippen molar-refractivity contribution in [2.45, 2.75) is 64.6 Å². The van der Waals surface area contributed by atoms with Crippen LogP contribution in [0.15, 0.2) is 42.5 Å². The molecule has 0 spiro atoms. The monoisotopic (exact) mass is 537 g/mol. The second kappa shape index (κ2) is 12.1. The first-order valence-electron chi connectivity index (χ1n) is 12.1. The van der Waals surface area contributed by atoms with Gasteiger partial charge < -0.3 is 10.2 Å². The van der Waals surface area contributed by atoms with Crippen molar-refractivity contribution < 1.29 is 22.4 Å². The van der Waals surface area contributed by atoms with Crippen molar-refractivity contribution in [3.63, 3.8) is 0 Å². The molecular weight excluding hydrogens is 505 g/mol. The number of hydrogen-bond donors (Lipinski definition) is 1. The molecule has 0 aliphatic heterocycles. The van der Waals surface area contributed by atoms with Crippen molar-refractivity contribution >= 4 is 39.1 Å². The number of carbonyl (C=O) groups is 2. The SMILES string of the molecule is CC[C@H](C(=O)NC1CCCC1)N(Cc1ccc(C)cc1)C(=O)CN(c1ccc(F)c(Cl)c1)S(C)(=O)=O. The zero-order chi connectivity index (χ0) is 26.5. The van der Waals surface area contributed by atoms with Crippen LogP contribution in [0.2, 0.25) is 5.02 Å². The van der Waals surface area contributed by atoms with Gasteiger partial charge in [-0.3, -0.25) is 13.9 Å². The molecule has 196 valence electrons. The van der Waals surface area contributed by atoms with Gasteiger partial charge in [0.05, 0.1) is 17.0 Å². The summed E-state index contributed by atoms with van der Waals surface area (Å²) in [4.78, 5) is 28.4.